The maximum atomic E-state index is 11.8. The molecule has 5 nitrogen and oxygen atoms in total. The molecule has 0 atom stereocenters. The molecule has 0 fully saturated rings. The summed E-state index contributed by atoms with van der Waals surface area (Å²) < 4.78 is 0. The SMILES string of the molecule is O=C(CCCNC(=O)c1ccccc1)NCc1cccnc1. The lowest BCUT2D eigenvalue weighted by atomic mass is 10.2. The van der Waals surface area contributed by atoms with E-state index in [2.05, 4.69) is 15.6 Å². The van der Waals surface area contributed by atoms with E-state index in [0.717, 1.165) is 5.56 Å². The molecular formula is C17H19N3O2. The van der Waals surface area contributed by atoms with Crippen molar-refractivity contribution in [2.45, 2.75) is 19.4 Å². The fraction of sp³-hybridized carbons (Fsp3) is 0.235. The Balaban J connectivity index is 1.60. The second-order valence-electron chi connectivity index (χ2n) is 4.86. The first kappa shape index (κ1) is 15.7. The summed E-state index contributed by atoms with van der Waals surface area (Å²) in [6, 6.07) is 12.8. The molecule has 0 unspecified atom stereocenters. The molecule has 1 heterocycles. The number of hydrogen-bond donors (Lipinski definition) is 2. The van der Waals surface area contributed by atoms with Crippen molar-refractivity contribution in [1.82, 2.24) is 15.6 Å². The van der Waals surface area contributed by atoms with Crippen LogP contribution in [0.1, 0.15) is 28.8 Å². The molecule has 5 heteroatoms. The molecule has 22 heavy (non-hydrogen) atoms. The van der Waals surface area contributed by atoms with Crippen LogP contribution in [0.3, 0.4) is 0 Å². The molecule has 0 radical (unpaired) electrons. The zero-order chi connectivity index (χ0) is 15.6. The van der Waals surface area contributed by atoms with E-state index in [-0.39, 0.29) is 11.8 Å². The van der Waals surface area contributed by atoms with Gasteiger partial charge in [0.15, 0.2) is 0 Å². The number of amides is 2. The minimum Gasteiger partial charge on any atom is -0.352 e. The second-order valence-corrected chi connectivity index (χ2v) is 4.86. The standard InChI is InChI=1S/C17H19N3O2/c21-16(20-13-14-6-4-10-18-12-14)9-5-11-19-17(22)15-7-2-1-3-8-15/h1-4,6-8,10,12H,5,9,11,13H2,(H,19,22)(H,20,21). The smallest absolute Gasteiger partial charge is 0.251 e. The number of pyridine rings is 1. The lowest BCUT2D eigenvalue weighted by molar-refractivity contribution is -0.121. The van der Waals surface area contributed by atoms with Gasteiger partial charge in [-0.05, 0) is 30.2 Å². The Hall–Kier alpha value is -2.69. The van der Waals surface area contributed by atoms with Crippen LogP contribution < -0.4 is 10.6 Å². The molecule has 2 N–H and O–H groups in total. The Bertz CT molecular complexity index is 600. The van der Waals surface area contributed by atoms with Crippen LogP contribution >= 0.6 is 0 Å². The first-order valence-corrected chi connectivity index (χ1v) is 7.24. The van der Waals surface area contributed by atoms with Gasteiger partial charge < -0.3 is 10.6 Å². The third-order valence-electron chi connectivity index (χ3n) is 3.11. The molecule has 2 amide bonds. The van der Waals surface area contributed by atoms with Crippen LogP contribution in [-0.4, -0.2) is 23.3 Å². The number of carbonyl (C=O) groups is 2. The van der Waals surface area contributed by atoms with Crippen molar-refractivity contribution < 1.29 is 9.59 Å². The van der Waals surface area contributed by atoms with Gasteiger partial charge in [-0.15, -0.1) is 0 Å². The minimum absolute atomic E-state index is 0.0298. The van der Waals surface area contributed by atoms with Crippen LogP contribution in [0.15, 0.2) is 54.9 Å². The van der Waals surface area contributed by atoms with E-state index in [1.165, 1.54) is 0 Å². The highest BCUT2D eigenvalue weighted by Crippen LogP contribution is 1.99. The average Bonchev–Trinajstić information content (AvgIpc) is 2.58. The summed E-state index contributed by atoms with van der Waals surface area (Å²) in [6.07, 6.45) is 4.41. The largest absolute Gasteiger partial charge is 0.352 e. The molecule has 2 rings (SSSR count). The van der Waals surface area contributed by atoms with Crippen LogP contribution in [-0.2, 0) is 11.3 Å². The van der Waals surface area contributed by atoms with Crippen LogP contribution in [0.25, 0.3) is 0 Å². The summed E-state index contributed by atoms with van der Waals surface area (Å²) in [7, 11) is 0. The highest BCUT2D eigenvalue weighted by Gasteiger charge is 2.05. The van der Waals surface area contributed by atoms with Crippen molar-refractivity contribution in [3.05, 3.63) is 66.0 Å². The average molecular weight is 297 g/mol. The van der Waals surface area contributed by atoms with E-state index in [4.69, 9.17) is 0 Å². The number of nitrogens with one attached hydrogen (secondary N) is 2. The molecule has 0 saturated carbocycles. The van der Waals surface area contributed by atoms with Crippen molar-refractivity contribution in [3.8, 4) is 0 Å². The summed E-state index contributed by atoms with van der Waals surface area (Å²) in [5, 5.41) is 5.63. The summed E-state index contributed by atoms with van der Waals surface area (Å²) in [6.45, 7) is 0.955. The second kappa shape index (κ2) is 8.56. The molecule has 0 aliphatic heterocycles. The lowest BCUT2D eigenvalue weighted by Crippen LogP contribution is -2.27. The number of aromatic nitrogens is 1. The van der Waals surface area contributed by atoms with E-state index in [1.54, 1.807) is 24.5 Å². The Kier molecular flexibility index (Phi) is 6.11. The first-order chi connectivity index (χ1) is 10.8. The van der Waals surface area contributed by atoms with Crippen molar-refractivity contribution in [3.63, 3.8) is 0 Å². The molecule has 2 aromatic rings. The van der Waals surface area contributed by atoms with Gasteiger partial charge in [0.1, 0.15) is 0 Å². The Morgan fingerprint density at radius 3 is 2.55 bits per heavy atom. The quantitative estimate of drug-likeness (QED) is 0.767. The molecule has 1 aromatic carbocycles. The van der Waals surface area contributed by atoms with Crippen molar-refractivity contribution in [2.24, 2.45) is 0 Å². The fourth-order valence-corrected chi connectivity index (χ4v) is 1.93. The van der Waals surface area contributed by atoms with Gasteiger partial charge in [0.05, 0.1) is 0 Å². The normalized spacial score (nSPS) is 10.0. The predicted molar refractivity (Wildman–Crippen MR) is 84.1 cm³/mol. The van der Waals surface area contributed by atoms with Gasteiger partial charge >= 0.3 is 0 Å². The van der Waals surface area contributed by atoms with Gasteiger partial charge in [0.2, 0.25) is 5.91 Å². The van der Waals surface area contributed by atoms with Gasteiger partial charge in [-0.3, -0.25) is 14.6 Å². The van der Waals surface area contributed by atoms with Gasteiger partial charge in [-0.25, -0.2) is 0 Å². The van der Waals surface area contributed by atoms with Crippen LogP contribution in [0.5, 0.6) is 0 Å². The predicted octanol–water partition coefficient (Wildman–Crippen LogP) is 1.91. The lowest BCUT2D eigenvalue weighted by Gasteiger charge is -2.06. The number of hydrogen-bond acceptors (Lipinski definition) is 3. The first-order valence-electron chi connectivity index (χ1n) is 7.24. The molecule has 0 bridgehead atoms. The monoisotopic (exact) mass is 297 g/mol. The zero-order valence-corrected chi connectivity index (χ0v) is 12.3. The Morgan fingerprint density at radius 2 is 1.82 bits per heavy atom. The van der Waals surface area contributed by atoms with Crippen LogP contribution in [0, 0.1) is 0 Å². The molecule has 1 aromatic heterocycles. The number of benzene rings is 1. The summed E-state index contributed by atoms with van der Waals surface area (Å²) in [5.41, 5.74) is 1.59. The molecule has 0 aliphatic rings. The maximum absolute atomic E-state index is 11.8. The van der Waals surface area contributed by atoms with Gasteiger partial charge in [-0.2, -0.15) is 0 Å². The van der Waals surface area contributed by atoms with E-state index in [9.17, 15) is 9.59 Å². The number of rotatable bonds is 7. The van der Waals surface area contributed by atoms with Gasteiger partial charge in [0.25, 0.3) is 5.91 Å². The molecule has 0 aliphatic carbocycles. The molecule has 114 valence electrons. The third kappa shape index (κ3) is 5.36. The van der Waals surface area contributed by atoms with Crippen molar-refractivity contribution in [1.29, 1.82) is 0 Å². The summed E-state index contributed by atoms with van der Waals surface area (Å²) in [4.78, 5) is 27.5. The Labute approximate surface area is 129 Å². The number of nitrogens with zero attached hydrogens (tertiary/aromatic N) is 1. The van der Waals surface area contributed by atoms with Crippen LogP contribution in [0.4, 0.5) is 0 Å². The Morgan fingerprint density at radius 1 is 1.00 bits per heavy atom. The zero-order valence-electron chi connectivity index (χ0n) is 12.3. The highest BCUT2D eigenvalue weighted by molar-refractivity contribution is 5.94. The van der Waals surface area contributed by atoms with E-state index in [0.29, 0.717) is 31.5 Å². The topological polar surface area (TPSA) is 71.1 Å². The van der Waals surface area contributed by atoms with E-state index >= 15 is 0 Å². The highest BCUT2D eigenvalue weighted by atomic mass is 16.2. The fourth-order valence-electron chi connectivity index (χ4n) is 1.93. The third-order valence-corrected chi connectivity index (χ3v) is 3.11. The molecule has 0 saturated heterocycles. The summed E-state index contributed by atoms with van der Waals surface area (Å²) >= 11 is 0. The van der Waals surface area contributed by atoms with Gasteiger partial charge in [0, 0.05) is 37.5 Å². The van der Waals surface area contributed by atoms with E-state index in [1.807, 2.05) is 30.3 Å². The van der Waals surface area contributed by atoms with Crippen molar-refractivity contribution >= 4 is 11.8 Å². The van der Waals surface area contributed by atoms with Crippen molar-refractivity contribution in [2.75, 3.05) is 6.54 Å². The number of carbonyl (C=O) groups excluding carboxylic acids is 2. The van der Waals surface area contributed by atoms with Gasteiger partial charge in [-0.1, -0.05) is 24.3 Å². The molecule has 0 spiro atoms. The summed E-state index contributed by atoms with van der Waals surface area (Å²) in [5.74, 6) is -0.144. The van der Waals surface area contributed by atoms with Crippen LogP contribution in [0.2, 0.25) is 0 Å². The minimum atomic E-state index is -0.114. The molecular weight excluding hydrogens is 278 g/mol. The maximum Gasteiger partial charge on any atom is 0.251 e. The van der Waals surface area contributed by atoms with E-state index < -0.39 is 0 Å².